The summed E-state index contributed by atoms with van der Waals surface area (Å²) in [4.78, 5) is 22.8. The monoisotopic (exact) mass is 273 g/mol. The quantitative estimate of drug-likeness (QED) is 0.575. The van der Waals surface area contributed by atoms with E-state index in [-0.39, 0.29) is 5.91 Å². The summed E-state index contributed by atoms with van der Waals surface area (Å²) in [6.45, 7) is 4.84. The van der Waals surface area contributed by atoms with Gasteiger partial charge < -0.3 is 19.9 Å². The van der Waals surface area contributed by atoms with E-state index in [1.165, 1.54) is 0 Å². The first-order valence-corrected chi connectivity index (χ1v) is 6.77. The molecule has 0 spiro atoms. The van der Waals surface area contributed by atoms with Crippen LogP contribution in [0.2, 0.25) is 0 Å². The van der Waals surface area contributed by atoms with Gasteiger partial charge in [-0.3, -0.25) is 4.79 Å². The molecule has 1 rings (SSSR count). The van der Waals surface area contributed by atoms with Crippen molar-refractivity contribution in [2.45, 2.75) is 45.3 Å². The maximum Gasteiger partial charge on any atom is 0.326 e. The predicted molar refractivity (Wildman–Crippen MR) is 68.8 cm³/mol. The fourth-order valence-electron chi connectivity index (χ4n) is 1.70. The zero-order valence-corrected chi connectivity index (χ0v) is 11.6. The van der Waals surface area contributed by atoms with Gasteiger partial charge in [-0.1, -0.05) is 12.8 Å². The van der Waals surface area contributed by atoms with E-state index in [2.05, 4.69) is 5.32 Å². The predicted octanol–water partition coefficient (Wildman–Crippen LogP) is 0.798. The first kappa shape index (κ1) is 15.9. The summed E-state index contributed by atoms with van der Waals surface area (Å²) in [6.07, 6.45) is 1.95. The Kier molecular flexibility index (Phi) is 6.80. The molecular formula is C13H23NO5. The van der Waals surface area contributed by atoms with Gasteiger partial charge in [0.1, 0.15) is 12.1 Å². The third-order valence-electron chi connectivity index (χ3n) is 3.05. The van der Waals surface area contributed by atoms with E-state index in [1.807, 2.05) is 6.92 Å². The number of carboxylic acid groups (broad SMARTS) is 1. The molecule has 1 amide bonds. The van der Waals surface area contributed by atoms with Crippen molar-refractivity contribution in [1.82, 2.24) is 5.32 Å². The molecule has 0 radical (unpaired) electrons. The number of ether oxygens (including phenoxy) is 2. The van der Waals surface area contributed by atoms with E-state index in [1.54, 1.807) is 6.92 Å². The van der Waals surface area contributed by atoms with E-state index >= 15 is 0 Å². The second kappa shape index (κ2) is 8.12. The van der Waals surface area contributed by atoms with Crippen molar-refractivity contribution < 1.29 is 24.2 Å². The maximum absolute atomic E-state index is 11.8. The normalized spacial score (nSPS) is 17.8. The molecule has 0 aromatic carbocycles. The highest BCUT2D eigenvalue weighted by Gasteiger charge is 2.31. The second-order valence-corrected chi connectivity index (χ2v) is 4.79. The van der Waals surface area contributed by atoms with Crippen LogP contribution in [0.1, 0.15) is 33.1 Å². The van der Waals surface area contributed by atoms with Crippen LogP contribution in [0.4, 0.5) is 0 Å². The van der Waals surface area contributed by atoms with Crippen molar-refractivity contribution in [3.63, 3.8) is 0 Å². The van der Waals surface area contributed by atoms with Gasteiger partial charge in [-0.05, 0) is 26.2 Å². The van der Waals surface area contributed by atoms with Crippen molar-refractivity contribution in [1.29, 1.82) is 0 Å². The summed E-state index contributed by atoms with van der Waals surface area (Å²) in [6, 6.07) is -0.807. The van der Waals surface area contributed by atoms with Gasteiger partial charge in [-0.15, -0.1) is 0 Å². The fraction of sp³-hybridized carbons (Fsp3) is 0.846. The Morgan fingerprint density at radius 1 is 1.37 bits per heavy atom. The molecule has 1 saturated carbocycles. The molecule has 110 valence electrons. The maximum atomic E-state index is 11.8. The van der Waals surface area contributed by atoms with Crippen LogP contribution in [0.25, 0.3) is 0 Å². The van der Waals surface area contributed by atoms with Crippen LogP contribution in [0.15, 0.2) is 0 Å². The molecule has 2 N–H and O–H groups in total. The number of aliphatic carboxylic acids is 1. The number of rotatable bonds is 10. The Bertz CT molecular complexity index is 303. The van der Waals surface area contributed by atoms with E-state index in [4.69, 9.17) is 14.6 Å². The minimum Gasteiger partial charge on any atom is -0.480 e. The second-order valence-electron chi connectivity index (χ2n) is 4.79. The molecule has 6 heteroatoms. The lowest BCUT2D eigenvalue weighted by Crippen LogP contribution is -2.45. The molecular weight excluding hydrogens is 250 g/mol. The highest BCUT2D eigenvalue weighted by molar-refractivity contribution is 5.86. The third-order valence-corrected chi connectivity index (χ3v) is 3.05. The Morgan fingerprint density at radius 3 is 2.58 bits per heavy atom. The van der Waals surface area contributed by atoms with Crippen molar-refractivity contribution in [2.75, 3.05) is 19.8 Å². The SMILES string of the molecule is CCOCCOC(C)C(=O)NC(CC1CC1)C(=O)O. The van der Waals surface area contributed by atoms with Crippen LogP contribution in [0, 0.1) is 5.92 Å². The summed E-state index contributed by atoms with van der Waals surface area (Å²) in [5.74, 6) is -0.929. The number of amides is 1. The Balaban J connectivity index is 2.27. The van der Waals surface area contributed by atoms with Gasteiger partial charge in [0, 0.05) is 6.61 Å². The zero-order valence-electron chi connectivity index (χ0n) is 11.6. The minimum atomic E-state index is -0.984. The lowest BCUT2D eigenvalue weighted by molar-refractivity contribution is -0.144. The van der Waals surface area contributed by atoms with Crippen LogP contribution in [-0.2, 0) is 19.1 Å². The van der Waals surface area contributed by atoms with Crippen molar-refractivity contribution in [3.8, 4) is 0 Å². The molecule has 1 fully saturated rings. The van der Waals surface area contributed by atoms with Crippen LogP contribution >= 0.6 is 0 Å². The average Bonchev–Trinajstić information content (AvgIpc) is 3.17. The van der Waals surface area contributed by atoms with E-state index in [0.29, 0.717) is 32.2 Å². The van der Waals surface area contributed by atoms with Crippen LogP contribution in [-0.4, -0.2) is 48.9 Å². The summed E-state index contributed by atoms with van der Waals surface area (Å²) in [7, 11) is 0. The number of nitrogens with one attached hydrogen (secondary N) is 1. The lowest BCUT2D eigenvalue weighted by Gasteiger charge is -2.18. The molecule has 6 nitrogen and oxygen atoms in total. The standard InChI is InChI=1S/C13H23NO5/c1-3-18-6-7-19-9(2)12(15)14-11(13(16)17)8-10-4-5-10/h9-11H,3-8H2,1-2H3,(H,14,15)(H,16,17). The molecule has 0 aromatic rings. The molecule has 0 heterocycles. The summed E-state index contributed by atoms with van der Waals surface area (Å²) in [5, 5.41) is 11.6. The molecule has 0 aromatic heterocycles. The first-order chi connectivity index (χ1) is 9.04. The summed E-state index contributed by atoms with van der Waals surface area (Å²) < 4.78 is 10.4. The Morgan fingerprint density at radius 2 is 2.05 bits per heavy atom. The van der Waals surface area contributed by atoms with Crippen LogP contribution in [0.3, 0.4) is 0 Å². The first-order valence-electron chi connectivity index (χ1n) is 6.77. The number of carbonyl (C=O) groups is 2. The highest BCUT2D eigenvalue weighted by Crippen LogP contribution is 2.33. The number of hydrogen-bond donors (Lipinski definition) is 2. The van der Waals surface area contributed by atoms with E-state index < -0.39 is 18.1 Å². The fourth-order valence-corrected chi connectivity index (χ4v) is 1.70. The van der Waals surface area contributed by atoms with Gasteiger partial charge in [-0.25, -0.2) is 4.79 Å². The molecule has 0 saturated heterocycles. The molecule has 1 aliphatic carbocycles. The number of carboxylic acids is 1. The number of hydrogen-bond acceptors (Lipinski definition) is 4. The molecule has 19 heavy (non-hydrogen) atoms. The van der Waals surface area contributed by atoms with Gasteiger partial charge in [0.25, 0.3) is 0 Å². The summed E-state index contributed by atoms with van der Waals surface area (Å²) >= 11 is 0. The Hall–Kier alpha value is -1.14. The summed E-state index contributed by atoms with van der Waals surface area (Å²) in [5.41, 5.74) is 0. The van der Waals surface area contributed by atoms with Gasteiger partial charge in [0.05, 0.1) is 13.2 Å². The van der Waals surface area contributed by atoms with E-state index in [9.17, 15) is 9.59 Å². The van der Waals surface area contributed by atoms with Crippen molar-refractivity contribution in [3.05, 3.63) is 0 Å². The third kappa shape index (κ3) is 6.54. The van der Waals surface area contributed by atoms with Gasteiger partial charge in [0.15, 0.2) is 0 Å². The molecule has 2 unspecified atom stereocenters. The van der Waals surface area contributed by atoms with Crippen molar-refractivity contribution >= 4 is 11.9 Å². The van der Waals surface area contributed by atoms with Crippen LogP contribution in [0.5, 0.6) is 0 Å². The van der Waals surface area contributed by atoms with Gasteiger partial charge >= 0.3 is 5.97 Å². The molecule has 1 aliphatic rings. The average molecular weight is 273 g/mol. The van der Waals surface area contributed by atoms with Gasteiger partial charge in [0.2, 0.25) is 5.91 Å². The minimum absolute atomic E-state index is 0.322. The topological polar surface area (TPSA) is 84.9 Å². The van der Waals surface area contributed by atoms with Gasteiger partial charge in [-0.2, -0.15) is 0 Å². The highest BCUT2D eigenvalue weighted by atomic mass is 16.5. The van der Waals surface area contributed by atoms with Crippen LogP contribution < -0.4 is 5.32 Å². The lowest BCUT2D eigenvalue weighted by atomic mass is 10.1. The molecule has 2 atom stereocenters. The zero-order chi connectivity index (χ0) is 14.3. The molecule has 0 aliphatic heterocycles. The van der Waals surface area contributed by atoms with E-state index in [0.717, 1.165) is 12.8 Å². The largest absolute Gasteiger partial charge is 0.480 e. The smallest absolute Gasteiger partial charge is 0.326 e. The van der Waals surface area contributed by atoms with Crippen molar-refractivity contribution in [2.24, 2.45) is 5.92 Å². The molecule has 0 bridgehead atoms. The number of carbonyl (C=O) groups excluding carboxylic acids is 1. The Labute approximate surface area is 113 Å².